The molecule has 0 amide bonds. The second-order valence-corrected chi connectivity index (χ2v) is 7.23. The molecule has 0 bridgehead atoms. The molecular weight excluding hydrogens is 384 g/mol. The number of rotatable bonds is 6. The van der Waals surface area contributed by atoms with Gasteiger partial charge in [-0.1, -0.05) is 96.2 Å². The van der Waals surface area contributed by atoms with Crippen LogP contribution in [0.3, 0.4) is 0 Å². The highest BCUT2D eigenvalue weighted by Crippen LogP contribution is 2.28. The van der Waals surface area contributed by atoms with Crippen LogP contribution in [0.4, 0.5) is 0 Å². The van der Waals surface area contributed by atoms with Gasteiger partial charge in [0.25, 0.3) is 0 Å². The van der Waals surface area contributed by atoms with E-state index >= 15 is 0 Å². The summed E-state index contributed by atoms with van der Waals surface area (Å²) in [5, 5.41) is 17.5. The van der Waals surface area contributed by atoms with Crippen molar-refractivity contribution in [2.45, 2.75) is 13.0 Å². The standard InChI is InChI=1S/C25H20N6/c1-4-10-19(11-5-1)17-31-18-22(27-30-31)16-23-26-24(20-12-6-2-7-13-20)25(29-28-23)21-14-8-3-9-15-21/h1-15,18H,16-17H2. The third-order valence-corrected chi connectivity index (χ3v) is 4.94. The van der Waals surface area contributed by atoms with Crippen molar-refractivity contribution < 1.29 is 0 Å². The van der Waals surface area contributed by atoms with Crippen LogP contribution in [0, 0.1) is 0 Å². The van der Waals surface area contributed by atoms with E-state index in [0.717, 1.165) is 28.2 Å². The first-order valence-electron chi connectivity index (χ1n) is 10.1. The van der Waals surface area contributed by atoms with Crippen molar-refractivity contribution in [1.29, 1.82) is 0 Å². The SMILES string of the molecule is c1ccc(Cn2cc(Cc3nnc(-c4ccccc4)c(-c4ccccc4)n3)nn2)cc1. The van der Waals surface area contributed by atoms with E-state index in [1.54, 1.807) is 0 Å². The molecule has 0 saturated heterocycles. The average molecular weight is 404 g/mol. The normalized spacial score (nSPS) is 10.8. The van der Waals surface area contributed by atoms with Gasteiger partial charge in [0, 0.05) is 17.3 Å². The van der Waals surface area contributed by atoms with Crippen molar-refractivity contribution in [1.82, 2.24) is 30.2 Å². The predicted octanol–water partition coefficient (Wildman–Crippen LogP) is 4.44. The fourth-order valence-corrected chi connectivity index (χ4v) is 3.45. The van der Waals surface area contributed by atoms with Gasteiger partial charge in [0.1, 0.15) is 11.4 Å². The molecule has 5 rings (SSSR count). The molecule has 0 radical (unpaired) electrons. The van der Waals surface area contributed by atoms with Gasteiger partial charge >= 0.3 is 0 Å². The van der Waals surface area contributed by atoms with E-state index in [4.69, 9.17) is 4.98 Å². The van der Waals surface area contributed by atoms with Gasteiger partial charge in [-0.2, -0.15) is 0 Å². The second-order valence-electron chi connectivity index (χ2n) is 7.23. The minimum atomic E-state index is 0.469. The molecule has 3 aromatic carbocycles. The Balaban J connectivity index is 1.44. The quantitative estimate of drug-likeness (QED) is 0.419. The fraction of sp³-hybridized carbons (Fsp3) is 0.0800. The molecule has 31 heavy (non-hydrogen) atoms. The molecule has 5 aromatic rings. The first-order valence-corrected chi connectivity index (χ1v) is 10.1. The highest BCUT2D eigenvalue weighted by atomic mass is 15.4. The molecule has 0 unspecified atom stereocenters. The van der Waals surface area contributed by atoms with Crippen LogP contribution in [-0.4, -0.2) is 30.2 Å². The van der Waals surface area contributed by atoms with Crippen molar-refractivity contribution >= 4 is 0 Å². The van der Waals surface area contributed by atoms with Crippen molar-refractivity contribution in [3.8, 4) is 22.5 Å². The molecule has 0 aliphatic carbocycles. The molecule has 150 valence electrons. The van der Waals surface area contributed by atoms with E-state index < -0.39 is 0 Å². The number of hydrogen-bond acceptors (Lipinski definition) is 5. The molecule has 0 aliphatic rings. The first kappa shape index (κ1) is 18.8. The second kappa shape index (κ2) is 8.67. The molecule has 0 saturated carbocycles. The van der Waals surface area contributed by atoms with Crippen molar-refractivity contribution in [3.05, 3.63) is 114 Å². The lowest BCUT2D eigenvalue weighted by atomic mass is 10.0. The van der Waals surface area contributed by atoms with Crippen LogP contribution in [0.25, 0.3) is 22.5 Å². The van der Waals surface area contributed by atoms with Gasteiger partial charge in [-0.15, -0.1) is 15.3 Å². The van der Waals surface area contributed by atoms with Gasteiger partial charge < -0.3 is 0 Å². The zero-order chi connectivity index (χ0) is 20.9. The van der Waals surface area contributed by atoms with Crippen molar-refractivity contribution in [2.24, 2.45) is 0 Å². The molecule has 2 aromatic heterocycles. The Hall–Kier alpha value is -4.19. The molecular formula is C25H20N6. The zero-order valence-electron chi connectivity index (χ0n) is 16.8. The van der Waals surface area contributed by atoms with Gasteiger partial charge in [-0.05, 0) is 5.56 Å². The molecule has 0 N–H and O–H groups in total. The fourth-order valence-electron chi connectivity index (χ4n) is 3.45. The Bertz CT molecular complexity index is 1270. The Labute approximate surface area is 180 Å². The topological polar surface area (TPSA) is 69.4 Å². The summed E-state index contributed by atoms with van der Waals surface area (Å²) < 4.78 is 1.83. The van der Waals surface area contributed by atoms with Gasteiger partial charge in [0.2, 0.25) is 0 Å². The minimum Gasteiger partial charge on any atom is -0.248 e. The highest BCUT2D eigenvalue weighted by molar-refractivity contribution is 5.77. The highest BCUT2D eigenvalue weighted by Gasteiger charge is 2.14. The summed E-state index contributed by atoms with van der Waals surface area (Å²) in [5.74, 6) is 0.616. The number of aromatic nitrogens is 6. The third-order valence-electron chi connectivity index (χ3n) is 4.94. The molecule has 6 nitrogen and oxygen atoms in total. The van der Waals surface area contributed by atoms with Crippen molar-refractivity contribution in [2.75, 3.05) is 0 Å². The molecule has 0 atom stereocenters. The van der Waals surface area contributed by atoms with E-state index in [1.165, 1.54) is 5.56 Å². The smallest absolute Gasteiger partial charge is 0.157 e. The maximum Gasteiger partial charge on any atom is 0.157 e. The summed E-state index contributed by atoms with van der Waals surface area (Å²) in [6, 6.07) is 30.3. The largest absolute Gasteiger partial charge is 0.248 e. The van der Waals surface area contributed by atoms with Crippen LogP contribution >= 0.6 is 0 Å². The van der Waals surface area contributed by atoms with Crippen LogP contribution in [0.5, 0.6) is 0 Å². The number of hydrogen-bond donors (Lipinski definition) is 0. The summed E-state index contributed by atoms with van der Waals surface area (Å²) in [6.07, 6.45) is 2.40. The summed E-state index contributed by atoms with van der Waals surface area (Å²) >= 11 is 0. The molecule has 6 heteroatoms. The maximum atomic E-state index is 4.86. The van der Waals surface area contributed by atoms with Gasteiger partial charge in [0.15, 0.2) is 5.82 Å². The third kappa shape index (κ3) is 4.38. The maximum absolute atomic E-state index is 4.86. The molecule has 0 fully saturated rings. The predicted molar refractivity (Wildman–Crippen MR) is 119 cm³/mol. The molecule has 0 aliphatic heterocycles. The number of nitrogens with zero attached hydrogens (tertiary/aromatic N) is 6. The lowest BCUT2D eigenvalue weighted by molar-refractivity contribution is 0.649. The minimum absolute atomic E-state index is 0.469. The Kier molecular flexibility index (Phi) is 5.26. The lowest BCUT2D eigenvalue weighted by Gasteiger charge is -2.09. The lowest BCUT2D eigenvalue weighted by Crippen LogP contribution is -2.04. The van der Waals surface area contributed by atoms with E-state index in [0.29, 0.717) is 18.8 Å². The van der Waals surface area contributed by atoms with E-state index in [9.17, 15) is 0 Å². The van der Waals surface area contributed by atoms with Crippen LogP contribution in [-0.2, 0) is 13.0 Å². The first-order chi connectivity index (χ1) is 15.3. The average Bonchev–Trinajstić information content (AvgIpc) is 3.27. The van der Waals surface area contributed by atoms with Crippen LogP contribution in [0.1, 0.15) is 17.1 Å². The van der Waals surface area contributed by atoms with Crippen LogP contribution in [0.2, 0.25) is 0 Å². The summed E-state index contributed by atoms with van der Waals surface area (Å²) in [5.41, 5.74) is 5.56. The Morgan fingerprint density at radius 1 is 0.613 bits per heavy atom. The zero-order valence-corrected chi connectivity index (χ0v) is 16.8. The monoisotopic (exact) mass is 404 g/mol. The van der Waals surface area contributed by atoms with E-state index in [-0.39, 0.29) is 0 Å². The van der Waals surface area contributed by atoms with E-state index in [1.807, 2.05) is 89.7 Å². The summed E-state index contributed by atoms with van der Waals surface area (Å²) in [7, 11) is 0. The van der Waals surface area contributed by atoms with Gasteiger partial charge in [-0.3, -0.25) is 0 Å². The molecule has 0 spiro atoms. The van der Waals surface area contributed by atoms with Gasteiger partial charge in [0.05, 0.1) is 18.7 Å². The van der Waals surface area contributed by atoms with Gasteiger partial charge in [-0.25, -0.2) is 9.67 Å². The Morgan fingerprint density at radius 3 is 1.90 bits per heavy atom. The summed E-state index contributed by atoms with van der Waals surface area (Å²) in [4.78, 5) is 4.86. The number of benzene rings is 3. The molecule has 2 heterocycles. The van der Waals surface area contributed by atoms with Crippen molar-refractivity contribution in [3.63, 3.8) is 0 Å². The van der Waals surface area contributed by atoms with E-state index in [2.05, 4.69) is 32.6 Å². The summed E-state index contributed by atoms with van der Waals surface area (Å²) in [6.45, 7) is 0.676. The van der Waals surface area contributed by atoms with Crippen LogP contribution in [0.15, 0.2) is 97.2 Å². The Morgan fingerprint density at radius 2 is 1.23 bits per heavy atom. The van der Waals surface area contributed by atoms with Crippen LogP contribution < -0.4 is 0 Å².